The molecule has 16 heavy (non-hydrogen) atoms. The lowest BCUT2D eigenvalue weighted by molar-refractivity contribution is 0.100. The highest BCUT2D eigenvalue weighted by Crippen LogP contribution is 2.15. The van der Waals surface area contributed by atoms with Crippen LogP contribution in [0.2, 0.25) is 0 Å². The molecule has 0 atom stereocenters. The quantitative estimate of drug-likeness (QED) is 0.732. The van der Waals surface area contributed by atoms with Crippen LogP contribution in [0, 0.1) is 6.92 Å². The Morgan fingerprint density at radius 2 is 2.19 bits per heavy atom. The molecule has 5 nitrogen and oxygen atoms in total. The van der Waals surface area contributed by atoms with E-state index in [0.29, 0.717) is 17.2 Å². The van der Waals surface area contributed by atoms with Gasteiger partial charge in [0.2, 0.25) is 11.7 Å². The van der Waals surface area contributed by atoms with Gasteiger partial charge in [-0.05, 0) is 12.1 Å². The molecule has 0 unspecified atom stereocenters. The number of ketones is 1. The van der Waals surface area contributed by atoms with Crippen LogP contribution in [-0.4, -0.2) is 23.1 Å². The molecule has 2 aromatic rings. The van der Waals surface area contributed by atoms with Crippen molar-refractivity contribution >= 4 is 5.78 Å². The average Bonchev–Trinajstić information content (AvgIpc) is 2.75. The smallest absolute Gasteiger partial charge is 0.289 e. The highest BCUT2D eigenvalue weighted by molar-refractivity contribution is 6.05. The SMILES string of the molecule is COc1cccc(C(=O)c2nnc(C)o2)c1. The van der Waals surface area contributed by atoms with Gasteiger partial charge in [-0.25, -0.2) is 0 Å². The summed E-state index contributed by atoms with van der Waals surface area (Å²) in [6, 6.07) is 6.79. The van der Waals surface area contributed by atoms with E-state index in [1.165, 1.54) is 0 Å². The second-order valence-corrected chi connectivity index (χ2v) is 3.19. The van der Waals surface area contributed by atoms with Crippen LogP contribution in [0.15, 0.2) is 28.7 Å². The van der Waals surface area contributed by atoms with Crippen molar-refractivity contribution in [2.24, 2.45) is 0 Å². The number of benzene rings is 1. The van der Waals surface area contributed by atoms with Gasteiger partial charge >= 0.3 is 0 Å². The summed E-state index contributed by atoms with van der Waals surface area (Å²) >= 11 is 0. The molecule has 0 fully saturated rings. The lowest BCUT2D eigenvalue weighted by Crippen LogP contribution is -2.01. The van der Waals surface area contributed by atoms with E-state index in [1.807, 2.05) is 0 Å². The number of rotatable bonds is 3. The van der Waals surface area contributed by atoms with E-state index in [2.05, 4.69) is 10.2 Å². The molecule has 0 bridgehead atoms. The fraction of sp³-hybridized carbons (Fsp3) is 0.182. The molecule has 0 saturated heterocycles. The number of aromatic nitrogens is 2. The first-order chi connectivity index (χ1) is 7.70. The van der Waals surface area contributed by atoms with Crippen LogP contribution < -0.4 is 4.74 Å². The average molecular weight is 218 g/mol. The lowest BCUT2D eigenvalue weighted by atomic mass is 10.1. The number of carbonyl (C=O) groups is 1. The molecule has 0 aliphatic carbocycles. The van der Waals surface area contributed by atoms with Crippen LogP contribution in [0.4, 0.5) is 0 Å². The van der Waals surface area contributed by atoms with Crippen LogP contribution >= 0.6 is 0 Å². The first kappa shape index (κ1) is 10.4. The lowest BCUT2D eigenvalue weighted by Gasteiger charge is -2.00. The molecule has 0 saturated carbocycles. The Kier molecular flexibility index (Phi) is 2.68. The zero-order valence-corrected chi connectivity index (χ0v) is 8.93. The molecule has 2 rings (SSSR count). The Bertz CT molecular complexity index is 519. The summed E-state index contributed by atoms with van der Waals surface area (Å²) in [4.78, 5) is 11.9. The summed E-state index contributed by atoms with van der Waals surface area (Å²) in [6.45, 7) is 1.63. The predicted molar refractivity (Wildman–Crippen MR) is 55.5 cm³/mol. The summed E-state index contributed by atoms with van der Waals surface area (Å²) < 4.78 is 10.1. The maximum Gasteiger partial charge on any atom is 0.289 e. The third kappa shape index (κ3) is 1.93. The molecule has 0 radical (unpaired) electrons. The largest absolute Gasteiger partial charge is 0.497 e. The number of methoxy groups -OCH3 is 1. The van der Waals surface area contributed by atoms with Crippen LogP contribution in [0.3, 0.4) is 0 Å². The Hall–Kier alpha value is -2.17. The van der Waals surface area contributed by atoms with E-state index in [9.17, 15) is 4.79 Å². The number of carbonyl (C=O) groups excluding carboxylic acids is 1. The van der Waals surface area contributed by atoms with E-state index in [1.54, 1.807) is 38.3 Å². The van der Waals surface area contributed by atoms with Crippen molar-refractivity contribution in [1.82, 2.24) is 10.2 Å². The summed E-state index contributed by atoms with van der Waals surface area (Å²) in [6.07, 6.45) is 0. The minimum absolute atomic E-state index is 0.00856. The van der Waals surface area contributed by atoms with Gasteiger partial charge < -0.3 is 9.15 Å². The molecule has 0 amide bonds. The van der Waals surface area contributed by atoms with E-state index >= 15 is 0 Å². The van der Waals surface area contributed by atoms with Gasteiger partial charge in [0.15, 0.2) is 0 Å². The van der Waals surface area contributed by atoms with Crippen molar-refractivity contribution in [2.75, 3.05) is 7.11 Å². The number of ether oxygens (including phenoxy) is 1. The third-order valence-electron chi connectivity index (χ3n) is 2.05. The fourth-order valence-corrected chi connectivity index (χ4v) is 1.28. The monoisotopic (exact) mass is 218 g/mol. The van der Waals surface area contributed by atoms with Gasteiger partial charge in [0.05, 0.1) is 7.11 Å². The van der Waals surface area contributed by atoms with Gasteiger partial charge in [0.25, 0.3) is 5.89 Å². The first-order valence-electron chi connectivity index (χ1n) is 4.69. The maximum absolute atomic E-state index is 11.9. The summed E-state index contributed by atoms with van der Waals surface area (Å²) in [7, 11) is 1.54. The molecule has 0 aliphatic heterocycles. The highest BCUT2D eigenvalue weighted by Gasteiger charge is 2.16. The van der Waals surface area contributed by atoms with E-state index in [4.69, 9.17) is 9.15 Å². The molecule has 0 N–H and O–H groups in total. The molecular weight excluding hydrogens is 208 g/mol. The summed E-state index contributed by atoms with van der Waals surface area (Å²) in [5.74, 6) is 0.665. The third-order valence-corrected chi connectivity index (χ3v) is 2.05. The van der Waals surface area contributed by atoms with Crippen molar-refractivity contribution < 1.29 is 13.9 Å². The van der Waals surface area contributed by atoms with E-state index < -0.39 is 0 Å². The standard InChI is InChI=1S/C11H10N2O3/c1-7-12-13-11(16-7)10(14)8-4-3-5-9(6-8)15-2/h3-6H,1-2H3. The van der Waals surface area contributed by atoms with E-state index in [-0.39, 0.29) is 11.7 Å². The van der Waals surface area contributed by atoms with Gasteiger partial charge in [-0.2, -0.15) is 0 Å². The first-order valence-corrected chi connectivity index (χ1v) is 4.69. The molecule has 1 aromatic heterocycles. The summed E-state index contributed by atoms with van der Waals surface area (Å²) in [5.41, 5.74) is 0.461. The summed E-state index contributed by atoms with van der Waals surface area (Å²) in [5, 5.41) is 7.28. The van der Waals surface area contributed by atoms with Crippen LogP contribution in [-0.2, 0) is 0 Å². The van der Waals surface area contributed by atoms with Crippen molar-refractivity contribution in [1.29, 1.82) is 0 Å². The molecule has 5 heteroatoms. The number of hydrogen-bond acceptors (Lipinski definition) is 5. The Balaban J connectivity index is 2.33. The zero-order chi connectivity index (χ0) is 11.5. The second-order valence-electron chi connectivity index (χ2n) is 3.19. The normalized spacial score (nSPS) is 10.1. The molecule has 0 aliphatic rings. The molecule has 1 heterocycles. The van der Waals surface area contributed by atoms with Gasteiger partial charge in [0.1, 0.15) is 5.75 Å². The molecule has 0 spiro atoms. The van der Waals surface area contributed by atoms with Gasteiger partial charge in [-0.1, -0.05) is 12.1 Å². The van der Waals surface area contributed by atoms with Crippen molar-refractivity contribution in [3.8, 4) is 5.75 Å². The van der Waals surface area contributed by atoms with Crippen LogP contribution in [0.25, 0.3) is 0 Å². The van der Waals surface area contributed by atoms with Crippen LogP contribution in [0.1, 0.15) is 22.1 Å². The van der Waals surface area contributed by atoms with Crippen molar-refractivity contribution in [3.05, 3.63) is 41.6 Å². The minimum Gasteiger partial charge on any atom is -0.497 e. The molecule has 1 aromatic carbocycles. The fourth-order valence-electron chi connectivity index (χ4n) is 1.28. The molecular formula is C11H10N2O3. The number of hydrogen-bond donors (Lipinski definition) is 0. The number of aryl methyl sites for hydroxylation is 1. The van der Waals surface area contributed by atoms with Crippen LogP contribution in [0.5, 0.6) is 5.75 Å². The second kappa shape index (κ2) is 4.14. The molecule has 82 valence electrons. The Morgan fingerprint density at radius 3 is 2.81 bits per heavy atom. The van der Waals surface area contributed by atoms with Gasteiger partial charge in [-0.3, -0.25) is 4.79 Å². The minimum atomic E-state index is -0.306. The topological polar surface area (TPSA) is 65.2 Å². The Morgan fingerprint density at radius 1 is 1.38 bits per heavy atom. The van der Waals surface area contributed by atoms with Gasteiger partial charge in [-0.15, -0.1) is 10.2 Å². The zero-order valence-electron chi connectivity index (χ0n) is 8.93. The highest BCUT2D eigenvalue weighted by atomic mass is 16.5. The Labute approximate surface area is 92.1 Å². The van der Waals surface area contributed by atoms with Gasteiger partial charge in [0, 0.05) is 12.5 Å². The number of nitrogens with zero attached hydrogens (tertiary/aromatic N) is 2. The maximum atomic E-state index is 11.9. The van der Waals surface area contributed by atoms with E-state index in [0.717, 1.165) is 0 Å². The predicted octanol–water partition coefficient (Wildman–Crippen LogP) is 1.62. The van der Waals surface area contributed by atoms with Crippen molar-refractivity contribution in [2.45, 2.75) is 6.92 Å². The van der Waals surface area contributed by atoms with Crippen molar-refractivity contribution in [3.63, 3.8) is 0 Å².